The standard InChI is InChI=1S/C21H22N4O/c1-14-11-15(2)19(16(3)12-14)25-20(26)18-9-10-22-21(24-18)23-13-17-7-5-4-6-8-17/h4-12H,13H2,1-3H3,(H,25,26)(H,22,23,24). The number of carbonyl (C=O) groups excluding carboxylic acids is 1. The molecular formula is C21H22N4O. The Morgan fingerprint density at radius 2 is 1.69 bits per heavy atom. The molecule has 132 valence electrons. The molecule has 1 aromatic heterocycles. The summed E-state index contributed by atoms with van der Waals surface area (Å²) < 4.78 is 0. The van der Waals surface area contributed by atoms with E-state index in [-0.39, 0.29) is 5.91 Å². The van der Waals surface area contributed by atoms with Crippen LogP contribution >= 0.6 is 0 Å². The van der Waals surface area contributed by atoms with Crippen molar-refractivity contribution in [3.8, 4) is 0 Å². The van der Waals surface area contributed by atoms with E-state index < -0.39 is 0 Å². The highest BCUT2D eigenvalue weighted by molar-refractivity contribution is 6.03. The fraction of sp³-hybridized carbons (Fsp3) is 0.190. The normalized spacial score (nSPS) is 10.4. The summed E-state index contributed by atoms with van der Waals surface area (Å²) in [6, 6.07) is 15.7. The van der Waals surface area contributed by atoms with Gasteiger partial charge in [0.25, 0.3) is 5.91 Å². The van der Waals surface area contributed by atoms with Crippen molar-refractivity contribution < 1.29 is 4.79 Å². The molecule has 1 amide bonds. The summed E-state index contributed by atoms with van der Waals surface area (Å²) in [5.74, 6) is 0.184. The molecule has 0 bridgehead atoms. The maximum atomic E-state index is 12.6. The Morgan fingerprint density at radius 1 is 1.00 bits per heavy atom. The summed E-state index contributed by atoms with van der Waals surface area (Å²) >= 11 is 0. The number of hydrogen-bond acceptors (Lipinski definition) is 4. The van der Waals surface area contributed by atoms with Crippen LogP contribution in [-0.2, 0) is 6.54 Å². The van der Waals surface area contributed by atoms with Gasteiger partial charge in [-0.25, -0.2) is 9.97 Å². The Labute approximate surface area is 153 Å². The van der Waals surface area contributed by atoms with Crippen molar-refractivity contribution in [2.75, 3.05) is 10.6 Å². The molecule has 0 fully saturated rings. The lowest BCUT2D eigenvalue weighted by atomic mass is 10.1. The zero-order valence-electron chi connectivity index (χ0n) is 15.2. The molecular weight excluding hydrogens is 324 g/mol. The van der Waals surface area contributed by atoms with Crippen molar-refractivity contribution in [3.63, 3.8) is 0 Å². The number of amides is 1. The average Bonchev–Trinajstić information content (AvgIpc) is 2.64. The maximum absolute atomic E-state index is 12.6. The van der Waals surface area contributed by atoms with Crippen molar-refractivity contribution in [2.24, 2.45) is 0 Å². The monoisotopic (exact) mass is 346 g/mol. The second-order valence-electron chi connectivity index (χ2n) is 6.33. The van der Waals surface area contributed by atoms with E-state index in [4.69, 9.17) is 0 Å². The Morgan fingerprint density at radius 3 is 2.38 bits per heavy atom. The molecule has 3 aromatic rings. The van der Waals surface area contributed by atoms with Crippen LogP contribution in [0.4, 0.5) is 11.6 Å². The van der Waals surface area contributed by atoms with Gasteiger partial charge in [-0.05, 0) is 43.5 Å². The lowest BCUT2D eigenvalue weighted by molar-refractivity contribution is 0.102. The number of nitrogens with zero attached hydrogens (tertiary/aromatic N) is 2. The Bertz CT molecular complexity index is 899. The number of rotatable bonds is 5. The highest BCUT2D eigenvalue weighted by Crippen LogP contribution is 2.22. The molecule has 0 aliphatic rings. The fourth-order valence-electron chi connectivity index (χ4n) is 2.90. The van der Waals surface area contributed by atoms with Gasteiger partial charge in [-0.1, -0.05) is 48.0 Å². The summed E-state index contributed by atoms with van der Waals surface area (Å²) in [6.07, 6.45) is 1.59. The summed E-state index contributed by atoms with van der Waals surface area (Å²) in [7, 11) is 0. The van der Waals surface area contributed by atoms with Gasteiger partial charge < -0.3 is 10.6 Å². The Hall–Kier alpha value is -3.21. The second kappa shape index (κ2) is 7.78. The van der Waals surface area contributed by atoms with Gasteiger partial charge in [-0.2, -0.15) is 0 Å². The van der Waals surface area contributed by atoms with Crippen molar-refractivity contribution in [2.45, 2.75) is 27.3 Å². The molecule has 3 rings (SSSR count). The molecule has 5 heteroatoms. The van der Waals surface area contributed by atoms with Gasteiger partial charge in [0.1, 0.15) is 5.69 Å². The summed E-state index contributed by atoms with van der Waals surface area (Å²) in [4.78, 5) is 21.1. The lowest BCUT2D eigenvalue weighted by Crippen LogP contribution is -2.16. The van der Waals surface area contributed by atoms with Gasteiger partial charge in [-0.15, -0.1) is 0 Å². The first-order chi connectivity index (χ1) is 12.5. The SMILES string of the molecule is Cc1cc(C)c(NC(=O)c2ccnc(NCc3ccccc3)n2)c(C)c1. The van der Waals surface area contributed by atoms with E-state index in [1.165, 1.54) is 5.56 Å². The third-order valence-corrected chi connectivity index (χ3v) is 4.10. The molecule has 2 aromatic carbocycles. The van der Waals surface area contributed by atoms with E-state index in [1.807, 2.05) is 51.1 Å². The third kappa shape index (κ3) is 4.25. The number of hydrogen-bond donors (Lipinski definition) is 2. The van der Waals surface area contributed by atoms with Crippen LogP contribution in [0.5, 0.6) is 0 Å². The minimum atomic E-state index is -0.245. The van der Waals surface area contributed by atoms with Crippen LogP contribution in [0.3, 0.4) is 0 Å². The molecule has 0 saturated carbocycles. The minimum Gasteiger partial charge on any atom is -0.350 e. The van der Waals surface area contributed by atoms with Gasteiger partial charge >= 0.3 is 0 Å². The van der Waals surface area contributed by atoms with Crippen LogP contribution in [0.25, 0.3) is 0 Å². The minimum absolute atomic E-state index is 0.245. The first-order valence-electron chi connectivity index (χ1n) is 8.53. The number of benzene rings is 2. The summed E-state index contributed by atoms with van der Waals surface area (Å²) in [5.41, 5.74) is 5.52. The molecule has 5 nitrogen and oxygen atoms in total. The largest absolute Gasteiger partial charge is 0.350 e. The molecule has 0 unspecified atom stereocenters. The number of aryl methyl sites for hydroxylation is 3. The average molecular weight is 346 g/mol. The first-order valence-corrected chi connectivity index (χ1v) is 8.53. The van der Waals surface area contributed by atoms with E-state index in [0.717, 1.165) is 22.4 Å². The smallest absolute Gasteiger partial charge is 0.274 e. The van der Waals surface area contributed by atoms with Gasteiger partial charge in [0, 0.05) is 18.4 Å². The van der Waals surface area contributed by atoms with Crippen molar-refractivity contribution in [3.05, 3.63) is 82.7 Å². The van der Waals surface area contributed by atoms with Crippen LogP contribution in [0, 0.1) is 20.8 Å². The predicted molar refractivity (Wildman–Crippen MR) is 104 cm³/mol. The topological polar surface area (TPSA) is 66.9 Å². The molecule has 0 radical (unpaired) electrons. The van der Waals surface area contributed by atoms with Gasteiger partial charge in [0.05, 0.1) is 0 Å². The molecule has 0 atom stereocenters. The van der Waals surface area contributed by atoms with E-state index >= 15 is 0 Å². The van der Waals surface area contributed by atoms with E-state index in [9.17, 15) is 4.79 Å². The summed E-state index contributed by atoms with van der Waals surface area (Å²) in [6.45, 7) is 6.62. The van der Waals surface area contributed by atoms with Crippen LogP contribution in [0.2, 0.25) is 0 Å². The molecule has 0 spiro atoms. The van der Waals surface area contributed by atoms with E-state index in [1.54, 1.807) is 12.3 Å². The van der Waals surface area contributed by atoms with Gasteiger partial charge in [0.15, 0.2) is 0 Å². The number of carbonyl (C=O) groups is 1. The van der Waals surface area contributed by atoms with Crippen LogP contribution in [-0.4, -0.2) is 15.9 Å². The quantitative estimate of drug-likeness (QED) is 0.724. The van der Waals surface area contributed by atoms with Crippen molar-refractivity contribution in [1.82, 2.24) is 9.97 Å². The predicted octanol–water partition coefficient (Wildman–Crippen LogP) is 4.27. The second-order valence-corrected chi connectivity index (χ2v) is 6.33. The number of nitrogens with one attached hydrogen (secondary N) is 2. The molecule has 0 aliphatic heterocycles. The Kier molecular flexibility index (Phi) is 5.27. The fourth-order valence-corrected chi connectivity index (χ4v) is 2.90. The van der Waals surface area contributed by atoms with E-state index in [2.05, 4.69) is 32.7 Å². The lowest BCUT2D eigenvalue weighted by Gasteiger charge is -2.13. The maximum Gasteiger partial charge on any atom is 0.274 e. The molecule has 0 saturated heterocycles. The van der Waals surface area contributed by atoms with Gasteiger partial charge in [-0.3, -0.25) is 4.79 Å². The van der Waals surface area contributed by atoms with Crippen LogP contribution < -0.4 is 10.6 Å². The van der Waals surface area contributed by atoms with Crippen LogP contribution in [0.1, 0.15) is 32.7 Å². The highest BCUT2D eigenvalue weighted by Gasteiger charge is 2.12. The van der Waals surface area contributed by atoms with Crippen molar-refractivity contribution >= 4 is 17.5 Å². The molecule has 0 aliphatic carbocycles. The molecule has 26 heavy (non-hydrogen) atoms. The number of aromatic nitrogens is 2. The van der Waals surface area contributed by atoms with Crippen LogP contribution in [0.15, 0.2) is 54.7 Å². The molecule has 1 heterocycles. The van der Waals surface area contributed by atoms with Crippen molar-refractivity contribution in [1.29, 1.82) is 0 Å². The molecule has 2 N–H and O–H groups in total. The zero-order valence-corrected chi connectivity index (χ0v) is 15.2. The first kappa shape index (κ1) is 17.6. The van der Waals surface area contributed by atoms with Gasteiger partial charge in [0.2, 0.25) is 5.95 Å². The summed E-state index contributed by atoms with van der Waals surface area (Å²) in [5, 5.41) is 6.11. The highest BCUT2D eigenvalue weighted by atomic mass is 16.1. The zero-order chi connectivity index (χ0) is 18.5. The third-order valence-electron chi connectivity index (χ3n) is 4.10. The van der Waals surface area contributed by atoms with E-state index in [0.29, 0.717) is 18.2 Å². The Balaban J connectivity index is 1.72. The number of anilines is 2.